The van der Waals surface area contributed by atoms with Crippen molar-refractivity contribution >= 4 is 18.0 Å². The molecule has 2 fully saturated rings. The molecular weight excluding hydrogens is 580 g/mol. The fourth-order valence-corrected chi connectivity index (χ4v) is 6.51. The van der Waals surface area contributed by atoms with E-state index < -0.39 is 23.7 Å². The number of hydrogen-bond donors (Lipinski definition) is 2. The number of carbonyl (C=O) groups is 3. The molecule has 5 rings (SSSR count). The van der Waals surface area contributed by atoms with Crippen LogP contribution in [-0.2, 0) is 9.47 Å². The van der Waals surface area contributed by atoms with Gasteiger partial charge in [0.05, 0.1) is 44.4 Å². The zero-order valence-corrected chi connectivity index (χ0v) is 25.6. The van der Waals surface area contributed by atoms with E-state index in [1.54, 1.807) is 42.6 Å². The molecule has 2 aromatic carbocycles. The highest BCUT2D eigenvalue weighted by molar-refractivity contribution is 5.98. The van der Waals surface area contributed by atoms with Crippen LogP contribution in [0.25, 0.3) is 11.3 Å². The number of benzene rings is 2. The number of nitrogens with zero attached hydrogens (tertiary/aromatic N) is 4. The quantitative estimate of drug-likeness (QED) is 0.320. The first-order valence-corrected chi connectivity index (χ1v) is 15.2. The van der Waals surface area contributed by atoms with Crippen LogP contribution in [0.15, 0.2) is 60.9 Å². The zero-order valence-electron chi connectivity index (χ0n) is 25.6. The van der Waals surface area contributed by atoms with E-state index in [2.05, 4.69) is 4.98 Å². The number of carbonyl (C=O) groups excluding carboxylic acids is 2. The van der Waals surface area contributed by atoms with E-state index in [0.29, 0.717) is 30.7 Å². The number of carboxylic acid groups (broad SMARTS) is 1. The summed E-state index contributed by atoms with van der Waals surface area (Å²) in [5.41, 5.74) is 0.775. The number of amides is 2. The van der Waals surface area contributed by atoms with Gasteiger partial charge in [0.2, 0.25) is 0 Å². The predicted molar refractivity (Wildman–Crippen MR) is 164 cm³/mol. The van der Waals surface area contributed by atoms with Crippen molar-refractivity contribution in [3.63, 3.8) is 0 Å². The highest BCUT2D eigenvalue weighted by atomic mass is 16.5. The second kappa shape index (κ2) is 14.1. The van der Waals surface area contributed by atoms with Gasteiger partial charge in [-0.15, -0.1) is 0 Å². The molecule has 12 heteroatoms. The van der Waals surface area contributed by atoms with Crippen molar-refractivity contribution in [3.05, 3.63) is 72.2 Å². The lowest BCUT2D eigenvalue weighted by Crippen LogP contribution is -2.56. The molecule has 1 aromatic heterocycles. The van der Waals surface area contributed by atoms with Crippen LogP contribution in [0.4, 0.5) is 4.79 Å². The van der Waals surface area contributed by atoms with Crippen molar-refractivity contribution in [2.24, 2.45) is 0 Å². The molecule has 2 N–H and O–H groups in total. The number of piperazine rings is 1. The zero-order chi connectivity index (χ0) is 32.0. The van der Waals surface area contributed by atoms with Crippen molar-refractivity contribution < 1.29 is 38.8 Å². The predicted octanol–water partition coefficient (Wildman–Crippen LogP) is 4.10. The minimum Gasteiger partial charge on any atom is -0.493 e. The summed E-state index contributed by atoms with van der Waals surface area (Å²) in [6.45, 7) is 0.711. The van der Waals surface area contributed by atoms with Gasteiger partial charge in [0.15, 0.2) is 5.69 Å². The van der Waals surface area contributed by atoms with Crippen molar-refractivity contribution in [1.29, 1.82) is 0 Å². The van der Waals surface area contributed by atoms with Crippen LogP contribution in [-0.4, -0.2) is 106 Å². The maximum atomic E-state index is 14.4. The fourth-order valence-electron chi connectivity index (χ4n) is 6.51. The molecule has 1 aliphatic heterocycles. The summed E-state index contributed by atoms with van der Waals surface area (Å²) in [6, 6.07) is 15.3. The van der Waals surface area contributed by atoms with Crippen molar-refractivity contribution in [3.8, 4) is 17.0 Å². The Morgan fingerprint density at radius 2 is 1.78 bits per heavy atom. The van der Waals surface area contributed by atoms with Gasteiger partial charge in [-0.1, -0.05) is 55.3 Å². The summed E-state index contributed by atoms with van der Waals surface area (Å²) in [6.07, 6.45) is 3.94. The molecule has 1 saturated heterocycles. The standard InChI is InChI=1S/C33H40N4O8/c1-43-21-33(42)16-9-8-14-27(33)37-22-34-28(29(37)23-10-4-3-5-11-23)30(38)36-18-17-35(32(40)41)20-24(36)15-19-45-26-13-7-6-12-25(26)31(39)44-2/h3-7,10-13,22,24,27,42H,8-9,14-21H2,1-2H3,(H,40,41)/t24-,27-,33-/m1/s1. The Labute approximate surface area is 262 Å². The summed E-state index contributed by atoms with van der Waals surface area (Å²) in [5.74, 6) is -0.519. The highest BCUT2D eigenvalue weighted by Crippen LogP contribution is 2.41. The lowest BCUT2D eigenvalue weighted by molar-refractivity contribution is -0.0893. The van der Waals surface area contributed by atoms with Crippen LogP contribution in [0.2, 0.25) is 0 Å². The first kappa shape index (κ1) is 32.0. The number of hydrogen-bond acceptors (Lipinski definition) is 8. The molecule has 3 aromatic rings. The number of methoxy groups -OCH3 is 2. The molecule has 2 heterocycles. The molecule has 0 spiro atoms. The smallest absolute Gasteiger partial charge is 0.407 e. The number of rotatable bonds is 10. The van der Waals surface area contributed by atoms with Gasteiger partial charge >= 0.3 is 12.1 Å². The third-order valence-electron chi connectivity index (χ3n) is 8.75. The largest absolute Gasteiger partial charge is 0.493 e. The number of para-hydroxylation sites is 1. The van der Waals surface area contributed by atoms with E-state index in [-0.39, 0.29) is 56.1 Å². The number of aromatic nitrogens is 2. The van der Waals surface area contributed by atoms with Crippen molar-refractivity contribution in [2.75, 3.05) is 47.1 Å². The molecule has 0 bridgehead atoms. The molecule has 12 nitrogen and oxygen atoms in total. The van der Waals surface area contributed by atoms with E-state index in [1.165, 1.54) is 12.0 Å². The van der Waals surface area contributed by atoms with Crippen LogP contribution in [0.3, 0.4) is 0 Å². The molecule has 1 aliphatic carbocycles. The minimum atomic E-state index is -1.12. The van der Waals surface area contributed by atoms with Gasteiger partial charge in [-0.25, -0.2) is 14.6 Å². The Bertz CT molecular complexity index is 1490. The van der Waals surface area contributed by atoms with Gasteiger partial charge in [0.1, 0.15) is 16.9 Å². The second-order valence-electron chi connectivity index (χ2n) is 11.5. The van der Waals surface area contributed by atoms with Crippen molar-refractivity contribution in [1.82, 2.24) is 19.4 Å². The normalized spacial score (nSPS) is 21.8. The molecular formula is C33H40N4O8. The molecule has 0 unspecified atom stereocenters. The first-order valence-electron chi connectivity index (χ1n) is 15.2. The van der Waals surface area contributed by atoms with Gasteiger partial charge in [0, 0.05) is 38.7 Å². The van der Waals surface area contributed by atoms with Gasteiger partial charge in [0.25, 0.3) is 5.91 Å². The highest BCUT2D eigenvalue weighted by Gasteiger charge is 2.43. The van der Waals surface area contributed by atoms with Gasteiger partial charge in [-0.05, 0) is 25.0 Å². The monoisotopic (exact) mass is 620 g/mol. The minimum absolute atomic E-state index is 0.0979. The Kier molecular flexibility index (Phi) is 10.0. The third-order valence-corrected chi connectivity index (χ3v) is 8.75. The maximum absolute atomic E-state index is 14.4. The summed E-state index contributed by atoms with van der Waals surface area (Å²) < 4.78 is 18.1. The van der Waals surface area contributed by atoms with E-state index in [0.717, 1.165) is 18.4 Å². The number of imidazole rings is 1. The van der Waals surface area contributed by atoms with E-state index in [1.807, 2.05) is 34.9 Å². The Balaban J connectivity index is 1.45. The number of esters is 1. The molecule has 3 atom stereocenters. The lowest BCUT2D eigenvalue weighted by atomic mass is 9.80. The summed E-state index contributed by atoms with van der Waals surface area (Å²) >= 11 is 0. The van der Waals surface area contributed by atoms with E-state index in [9.17, 15) is 24.6 Å². The third kappa shape index (κ3) is 6.81. The van der Waals surface area contributed by atoms with Gasteiger partial charge in [-0.2, -0.15) is 0 Å². The van der Waals surface area contributed by atoms with Crippen LogP contribution in [0.5, 0.6) is 5.75 Å². The average Bonchev–Trinajstić information content (AvgIpc) is 3.49. The molecule has 2 aliphatic rings. The summed E-state index contributed by atoms with van der Waals surface area (Å²) in [4.78, 5) is 46.1. The summed E-state index contributed by atoms with van der Waals surface area (Å²) in [7, 11) is 2.86. The number of ether oxygens (including phenoxy) is 3. The van der Waals surface area contributed by atoms with E-state index in [4.69, 9.17) is 14.2 Å². The first-order chi connectivity index (χ1) is 21.8. The Morgan fingerprint density at radius 1 is 1.02 bits per heavy atom. The Hall–Kier alpha value is -4.42. The average molecular weight is 621 g/mol. The van der Waals surface area contributed by atoms with E-state index >= 15 is 0 Å². The molecule has 1 saturated carbocycles. The van der Waals surface area contributed by atoms with Gasteiger partial charge < -0.3 is 38.8 Å². The molecule has 240 valence electrons. The fraction of sp³-hybridized carbons (Fsp3) is 0.455. The summed E-state index contributed by atoms with van der Waals surface area (Å²) in [5, 5.41) is 21.4. The van der Waals surface area contributed by atoms with Crippen LogP contribution >= 0.6 is 0 Å². The SMILES string of the molecule is COC[C@]1(O)CCCC[C@H]1n1cnc(C(=O)N2CCN(C(=O)O)C[C@H]2CCOc2ccccc2C(=O)OC)c1-c1ccccc1. The lowest BCUT2D eigenvalue weighted by Gasteiger charge is -2.41. The van der Waals surface area contributed by atoms with Gasteiger partial charge in [-0.3, -0.25) is 4.79 Å². The second-order valence-corrected chi connectivity index (χ2v) is 11.5. The van der Waals surface area contributed by atoms with Crippen LogP contribution in [0.1, 0.15) is 59.0 Å². The molecule has 45 heavy (non-hydrogen) atoms. The van der Waals surface area contributed by atoms with Crippen LogP contribution in [0, 0.1) is 0 Å². The van der Waals surface area contributed by atoms with Crippen molar-refractivity contribution in [2.45, 2.75) is 49.8 Å². The van der Waals surface area contributed by atoms with Crippen LogP contribution < -0.4 is 4.74 Å². The molecule has 2 amide bonds. The Morgan fingerprint density at radius 3 is 2.51 bits per heavy atom. The topological polar surface area (TPSA) is 144 Å². The molecule has 0 radical (unpaired) electrons. The number of aliphatic hydroxyl groups is 1. The maximum Gasteiger partial charge on any atom is 0.407 e.